The summed E-state index contributed by atoms with van der Waals surface area (Å²) in [5.41, 5.74) is -0.766. The Kier molecular flexibility index (Phi) is 3.58. The normalized spacial score (nSPS) is 10.0. The van der Waals surface area contributed by atoms with Gasteiger partial charge >= 0.3 is 5.97 Å². The van der Waals surface area contributed by atoms with E-state index in [2.05, 4.69) is 20.7 Å². The molecule has 0 aromatic heterocycles. The maximum absolute atomic E-state index is 13.5. The molecule has 4 nitrogen and oxygen atoms in total. The molecule has 7 heteroatoms. The van der Waals surface area contributed by atoms with Crippen LogP contribution in [0.15, 0.2) is 10.5 Å². The van der Waals surface area contributed by atoms with Gasteiger partial charge in [-0.2, -0.15) is 0 Å². The Morgan fingerprint density at radius 1 is 1.38 bits per heavy atom. The third-order valence-corrected chi connectivity index (χ3v) is 2.34. The fourth-order valence-corrected chi connectivity index (χ4v) is 1.45. The van der Waals surface area contributed by atoms with Crippen LogP contribution in [0.2, 0.25) is 0 Å². The highest BCUT2D eigenvalue weighted by molar-refractivity contribution is 9.10. The van der Waals surface area contributed by atoms with Crippen molar-refractivity contribution in [3.8, 4) is 5.75 Å². The Morgan fingerprint density at radius 2 is 1.94 bits per heavy atom. The summed E-state index contributed by atoms with van der Waals surface area (Å²) in [4.78, 5) is 21.4. The summed E-state index contributed by atoms with van der Waals surface area (Å²) in [6.45, 7) is 0. The minimum Gasteiger partial charge on any atom is -0.491 e. The number of carbonyl (C=O) groups is 2. The quantitative estimate of drug-likeness (QED) is 0.526. The van der Waals surface area contributed by atoms with E-state index in [1.54, 1.807) is 0 Å². The second-order valence-corrected chi connectivity index (χ2v) is 3.56. The van der Waals surface area contributed by atoms with Crippen molar-refractivity contribution in [2.75, 3.05) is 7.11 Å². The minimum absolute atomic E-state index is 0.254. The molecule has 1 N–H and O–H groups in total. The van der Waals surface area contributed by atoms with Crippen LogP contribution in [0.4, 0.5) is 8.78 Å². The van der Waals surface area contributed by atoms with Gasteiger partial charge in [-0.3, -0.25) is 4.79 Å². The molecule has 0 saturated heterocycles. The predicted octanol–water partition coefficient (Wildman–Crippen LogP) is 2.00. The summed E-state index contributed by atoms with van der Waals surface area (Å²) >= 11 is 2.72. The van der Waals surface area contributed by atoms with Gasteiger partial charge in [0.15, 0.2) is 17.4 Å². The zero-order valence-corrected chi connectivity index (χ0v) is 9.47. The Bertz CT molecular complexity index is 473. The summed E-state index contributed by atoms with van der Waals surface area (Å²) in [6.07, 6.45) is 0. The molecule has 1 aromatic rings. The number of hydrogen-bond acceptors (Lipinski definition) is 3. The van der Waals surface area contributed by atoms with Crippen molar-refractivity contribution in [1.82, 2.24) is 0 Å². The van der Waals surface area contributed by atoms with E-state index in [1.807, 2.05) is 0 Å². The highest BCUT2D eigenvalue weighted by Crippen LogP contribution is 2.31. The van der Waals surface area contributed by atoms with E-state index in [4.69, 9.17) is 5.11 Å². The van der Waals surface area contributed by atoms with E-state index >= 15 is 0 Å². The van der Waals surface area contributed by atoms with E-state index in [9.17, 15) is 18.4 Å². The molecule has 16 heavy (non-hydrogen) atoms. The fourth-order valence-electron chi connectivity index (χ4n) is 1.04. The lowest BCUT2D eigenvalue weighted by Gasteiger charge is -2.07. The van der Waals surface area contributed by atoms with Crippen molar-refractivity contribution in [2.24, 2.45) is 0 Å². The Morgan fingerprint density at radius 3 is 2.38 bits per heavy atom. The second kappa shape index (κ2) is 4.56. The van der Waals surface area contributed by atoms with Gasteiger partial charge in [0.2, 0.25) is 0 Å². The van der Waals surface area contributed by atoms with Crippen LogP contribution in [-0.2, 0) is 4.79 Å². The van der Waals surface area contributed by atoms with E-state index < -0.39 is 34.7 Å². The molecular formula is C9H5BrF2O4. The van der Waals surface area contributed by atoms with Gasteiger partial charge in [-0.25, -0.2) is 13.6 Å². The fraction of sp³-hybridized carbons (Fsp3) is 0.111. The van der Waals surface area contributed by atoms with Gasteiger partial charge in [0.1, 0.15) is 0 Å². The first-order valence-corrected chi connectivity index (χ1v) is 4.68. The van der Waals surface area contributed by atoms with Crippen molar-refractivity contribution in [3.05, 3.63) is 27.7 Å². The van der Waals surface area contributed by atoms with E-state index in [1.165, 1.54) is 0 Å². The number of Topliss-reactive ketones (excluding diaryl/α,β-unsaturated/α-hetero) is 1. The van der Waals surface area contributed by atoms with Gasteiger partial charge in [0.05, 0.1) is 17.1 Å². The number of halogens is 3. The number of aliphatic carboxylic acids is 1. The minimum atomic E-state index is -1.83. The van der Waals surface area contributed by atoms with Gasteiger partial charge < -0.3 is 9.84 Å². The van der Waals surface area contributed by atoms with Crippen molar-refractivity contribution in [1.29, 1.82) is 0 Å². The highest BCUT2D eigenvalue weighted by atomic mass is 79.9. The van der Waals surface area contributed by atoms with Crippen LogP contribution in [0.5, 0.6) is 5.75 Å². The first kappa shape index (κ1) is 12.6. The molecule has 0 spiro atoms. The molecule has 0 aliphatic rings. The molecule has 0 aliphatic heterocycles. The zero-order valence-electron chi connectivity index (χ0n) is 7.88. The van der Waals surface area contributed by atoms with Gasteiger partial charge in [0.25, 0.3) is 5.78 Å². The van der Waals surface area contributed by atoms with Crippen LogP contribution in [0, 0.1) is 11.6 Å². The molecular weight excluding hydrogens is 290 g/mol. The molecule has 0 aliphatic carbocycles. The predicted molar refractivity (Wildman–Crippen MR) is 52.6 cm³/mol. The Labute approximate surface area is 97.0 Å². The van der Waals surface area contributed by atoms with Gasteiger partial charge in [-0.05, 0) is 22.0 Å². The smallest absolute Gasteiger partial charge is 0.377 e. The maximum Gasteiger partial charge on any atom is 0.377 e. The van der Waals surface area contributed by atoms with Crippen LogP contribution < -0.4 is 4.74 Å². The van der Waals surface area contributed by atoms with Gasteiger partial charge in [-0.1, -0.05) is 0 Å². The first-order valence-electron chi connectivity index (χ1n) is 3.89. The number of carboxylic acids is 1. The number of benzene rings is 1. The van der Waals surface area contributed by atoms with Crippen LogP contribution in [0.3, 0.4) is 0 Å². The zero-order chi connectivity index (χ0) is 12.5. The number of ether oxygens (including phenoxy) is 1. The molecule has 0 atom stereocenters. The second-order valence-electron chi connectivity index (χ2n) is 2.70. The topological polar surface area (TPSA) is 63.6 Å². The van der Waals surface area contributed by atoms with Gasteiger partial charge in [0, 0.05) is 0 Å². The van der Waals surface area contributed by atoms with E-state index in [-0.39, 0.29) is 4.47 Å². The summed E-state index contributed by atoms with van der Waals surface area (Å²) in [6, 6.07) is 0.754. The largest absolute Gasteiger partial charge is 0.491 e. The Hall–Kier alpha value is -1.50. The average molecular weight is 295 g/mol. The van der Waals surface area contributed by atoms with Crippen molar-refractivity contribution >= 4 is 27.7 Å². The van der Waals surface area contributed by atoms with Crippen LogP contribution in [0.25, 0.3) is 0 Å². The molecule has 1 aromatic carbocycles. The van der Waals surface area contributed by atoms with E-state index in [0.717, 1.165) is 13.2 Å². The average Bonchev–Trinajstić information content (AvgIpc) is 2.23. The summed E-state index contributed by atoms with van der Waals surface area (Å²) in [7, 11) is 1.00. The molecule has 0 bridgehead atoms. The third-order valence-electron chi connectivity index (χ3n) is 1.76. The van der Waals surface area contributed by atoms with Crippen LogP contribution in [0.1, 0.15) is 10.4 Å². The lowest BCUT2D eigenvalue weighted by molar-refractivity contribution is -0.131. The van der Waals surface area contributed by atoms with E-state index in [0.29, 0.717) is 0 Å². The molecule has 0 heterocycles. The van der Waals surface area contributed by atoms with Crippen molar-refractivity contribution < 1.29 is 28.2 Å². The monoisotopic (exact) mass is 294 g/mol. The molecule has 0 unspecified atom stereocenters. The SMILES string of the molecule is COc1c(F)c(Br)cc(C(=O)C(=O)O)c1F. The number of rotatable bonds is 3. The number of hydrogen-bond donors (Lipinski definition) is 1. The summed E-state index contributed by atoms with van der Waals surface area (Å²) in [5.74, 6) is -6.49. The van der Waals surface area contributed by atoms with Gasteiger partial charge in [-0.15, -0.1) is 0 Å². The van der Waals surface area contributed by atoms with Crippen LogP contribution >= 0.6 is 15.9 Å². The third kappa shape index (κ3) is 2.04. The standard InChI is InChI=1S/C9H5BrF2O4/c1-16-8-5(11)3(7(13)9(14)15)2-4(10)6(8)12/h2H,1H3,(H,14,15). The first-order chi connectivity index (χ1) is 7.40. The number of methoxy groups -OCH3 is 1. The van der Waals surface area contributed by atoms with Crippen molar-refractivity contribution in [2.45, 2.75) is 0 Å². The molecule has 0 radical (unpaired) electrons. The highest BCUT2D eigenvalue weighted by Gasteiger charge is 2.25. The summed E-state index contributed by atoms with van der Waals surface area (Å²) < 4.78 is 30.8. The maximum atomic E-state index is 13.5. The number of carbonyl (C=O) groups excluding carboxylic acids is 1. The number of carboxylic acid groups (broad SMARTS) is 1. The molecule has 86 valence electrons. The molecule has 0 fully saturated rings. The lowest BCUT2D eigenvalue weighted by atomic mass is 10.1. The van der Waals surface area contributed by atoms with Crippen molar-refractivity contribution in [3.63, 3.8) is 0 Å². The molecule has 1 rings (SSSR count). The molecule has 0 saturated carbocycles. The van der Waals surface area contributed by atoms with Crippen LogP contribution in [-0.4, -0.2) is 24.0 Å². The number of ketones is 1. The summed E-state index contributed by atoms with van der Waals surface area (Å²) in [5, 5.41) is 8.42. The molecule has 0 amide bonds. The Balaban J connectivity index is 3.48. The lowest BCUT2D eigenvalue weighted by Crippen LogP contribution is -2.15.